The van der Waals surface area contributed by atoms with Crippen molar-refractivity contribution in [3.63, 3.8) is 0 Å². The molecule has 0 aromatic carbocycles. The molecule has 1 aliphatic rings. The van der Waals surface area contributed by atoms with Crippen molar-refractivity contribution in [3.05, 3.63) is 0 Å². The highest BCUT2D eigenvalue weighted by Crippen LogP contribution is 2.35. The molecule has 17 heavy (non-hydrogen) atoms. The average Bonchev–Trinajstić information content (AvgIpc) is 2.27. The molecule has 0 bridgehead atoms. The van der Waals surface area contributed by atoms with Crippen molar-refractivity contribution in [1.29, 1.82) is 0 Å². The second-order valence-corrected chi connectivity index (χ2v) is 5.50. The molecule has 1 aliphatic carbocycles. The van der Waals surface area contributed by atoms with Gasteiger partial charge in [0.05, 0.1) is 6.61 Å². The lowest BCUT2D eigenvalue weighted by Gasteiger charge is -2.36. The lowest BCUT2D eigenvalue weighted by molar-refractivity contribution is -0.167. The van der Waals surface area contributed by atoms with Crippen LogP contribution in [-0.4, -0.2) is 35.0 Å². The largest absolute Gasteiger partial charge is 0.460 e. The van der Waals surface area contributed by atoms with Crippen molar-refractivity contribution in [3.8, 4) is 0 Å². The molecule has 0 aromatic heterocycles. The van der Waals surface area contributed by atoms with E-state index in [1.54, 1.807) is 0 Å². The fourth-order valence-electron chi connectivity index (χ4n) is 2.55. The van der Waals surface area contributed by atoms with Crippen molar-refractivity contribution in [1.82, 2.24) is 0 Å². The number of carbonyl (C=O) groups excluding carboxylic acids is 1. The quantitative estimate of drug-likeness (QED) is 0.732. The van der Waals surface area contributed by atoms with E-state index >= 15 is 0 Å². The third-order valence-corrected chi connectivity index (χ3v) is 3.67. The molecule has 2 N–H and O–H groups in total. The van der Waals surface area contributed by atoms with Crippen molar-refractivity contribution >= 4 is 5.97 Å². The second-order valence-electron chi connectivity index (χ2n) is 5.50. The Morgan fingerprint density at radius 1 is 1.41 bits per heavy atom. The highest BCUT2D eigenvalue weighted by atomic mass is 16.6. The Bertz CT molecular complexity index is 252. The number of rotatable bonds is 4. The lowest BCUT2D eigenvalue weighted by Crippen LogP contribution is -2.39. The van der Waals surface area contributed by atoms with Crippen molar-refractivity contribution in [2.75, 3.05) is 6.61 Å². The van der Waals surface area contributed by atoms with Gasteiger partial charge in [-0.3, -0.25) is 0 Å². The summed E-state index contributed by atoms with van der Waals surface area (Å²) in [6.07, 6.45) is 1.56. The molecule has 100 valence electrons. The first-order chi connectivity index (χ1) is 7.95. The van der Waals surface area contributed by atoms with Gasteiger partial charge in [-0.2, -0.15) is 0 Å². The summed E-state index contributed by atoms with van der Waals surface area (Å²) in [6.45, 7) is 5.83. The van der Waals surface area contributed by atoms with Crippen LogP contribution in [0.1, 0.15) is 40.0 Å². The first-order valence-corrected chi connectivity index (χ1v) is 6.45. The topological polar surface area (TPSA) is 66.8 Å². The number of aliphatic hydroxyl groups is 2. The van der Waals surface area contributed by atoms with Crippen LogP contribution in [0.3, 0.4) is 0 Å². The summed E-state index contributed by atoms with van der Waals surface area (Å²) in [5.74, 6) is 0.680. The molecule has 0 spiro atoms. The van der Waals surface area contributed by atoms with E-state index in [4.69, 9.17) is 9.84 Å². The summed E-state index contributed by atoms with van der Waals surface area (Å²) < 4.78 is 5.34. The average molecular weight is 244 g/mol. The van der Waals surface area contributed by atoms with Crippen LogP contribution >= 0.6 is 0 Å². The summed E-state index contributed by atoms with van der Waals surface area (Å²) in [5, 5.41) is 17.9. The maximum absolute atomic E-state index is 11.5. The molecule has 0 aliphatic heterocycles. The predicted octanol–water partition coefficient (Wildman–Crippen LogP) is 1.34. The SMILES string of the molecule is CC(C)[C@H]1CC[C@H](C)C[C@@H]1OC(=O)C(O)CO. The highest BCUT2D eigenvalue weighted by Gasteiger charge is 2.34. The molecule has 4 nitrogen and oxygen atoms in total. The van der Waals surface area contributed by atoms with E-state index in [9.17, 15) is 9.90 Å². The highest BCUT2D eigenvalue weighted by molar-refractivity contribution is 5.74. The van der Waals surface area contributed by atoms with Gasteiger partial charge in [-0.1, -0.05) is 27.2 Å². The van der Waals surface area contributed by atoms with Gasteiger partial charge < -0.3 is 14.9 Å². The summed E-state index contributed by atoms with van der Waals surface area (Å²) in [5.41, 5.74) is 0. The third-order valence-electron chi connectivity index (χ3n) is 3.67. The van der Waals surface area contributed by atoms with E-state index in [1.807, 2.05) is 0 Å². The lowest BCUT2D eigenvalue weighted by atomic mass is 9.75. The predicted molar refractivity (Wildman–Crippen MR) is 64.3 cm³/mol. The van der Waals surface area contributed by atoms with E-state index < -0.39 is 18.7 Å². The zero-order chi connectivity index (χ0) is 13.0. The molecule has 4 heteroatoms. The molecular formula is C13H24O4. The van der Waals surface area contributed by atoms with Crippen LogP contribution in [0.4, 0.5) is 0 Å². The van der Waals surface area contributed by atoms with E-state index in [2.05, 4.69) is 20.8 Å². The summed E-state index contributed by atoms with van der Waals surface area (Å²) in [7, 11) is 0. The first kappa shape index (κ1) is 14.5. The van der Waals surface area contributed by atoms with E-state index in [0.29, 0.717) is 17.8 Å². The monoisotopic (exact) mass is 244 g/mol. The molecule has 1 unspecified atom stereocenters. The Morgan fingerprint density at radius 2 is 2.06 bits per heavy atom. The number of ether oxygens (including phenoxy) is 1. The Hall–Kier alpha value is -0.610. The minimum Gasteiger partial charge on any atom is -0.460 e. The standard InChI is InChI=1S/C13H24O4/c1-8(2)10-5-4-9(3)6-12(10)17-13(16)11(15)7-14/h8-12,14-15H,4-7H2,1-3H3/t9-,10+,11?,12-/m0/s1. The Kier molecular flexibility index (Phi) is 5.40. The van der Waals surface area contributed by atoms with Gasteiger partial charge in [0, 0.05) is 0 Å². The Balaban J connectivity index is 2.60. The van der Waals surface area contributed by atoms with E-state index in [-0.39, 0.29) is 6.10 Å². The smallest absolute Gasteiger partial charge is 0.337 e. The van der Waals surface area contributed by atoms with Gasteiger partial charge in [-0.25, -0.2) is 4.79 Å². The minimum atomic E-state index is -1.40. The molecule has 0 aromatic rings. The Labute approximate surface area is 103 Å². The molecule has 0 radical (unpaired) electrons. The van der Waals surface area contributed by atoms with Gasteiger partial charge >= 0.3 is 5.97 Å². The van der Waals surface area contributed by atoms with Gasteiger partial charge in [0.25, 0.3) is 0 Å². The zero-order valence-corrected chi connectivity index (χ0v) is 10.9. The van der Waals surface area contributed by atoms with E-state index in [0.717, 1.165) is 12.8 Å². The van der Waals surface area contributed by atoms with Crippen LogP contribution in [0.2, 0.25) is 0 Å². The molecule has 1 rings (SSSR count). The molecule has 0 saturated heterocycles. The third kappa shape index (κ3) is 3.96. The van der Waals surface area contributed by atoms with Crippen molar-refractivity contribution < 1.29 is 19.7 Å². The second kappa shape index (κ2) is 6.36. The number of esters is 1. The van der Waals surface area contributed by atoms with E-state index in [1.165, 1.54) is 6.42 Å². The Morgan fingerprint density at radius 3 is 2.59 bits per heavy atom. The van der Waals surface area contributed by atoms with Gasteiger partial charge in [0.1, 0.15) is 6.10 Å². The van der Waals surface area contributed by atoms with Gasteiger partial charge in [0.2, 0.25) is 0 Å². The number of hydrogen-bond acceptors (Lipinski definition) is 4. The molecule has 1 fully saturated rings. The maximum Gasteiger partial charge on any atom is 0.337 e. The van der Waals surface area contributed by atoms with Crippen LogP contribution in [0.15, 0.2) is 0 Å². The van der Waals surface area contributed by atoms with Gasteiger partial charge in [0.15, 0.2) is 6.10 Å². The van der Waals surface area contributed by atoms with Crippen LogP contribution in [0, 0.1) is 17.8 Å². The number of aliphatic hydroxyl groups excluding tert-OH is 2. The van der Waals surface area contributed by atoms with Crippen molar-refractivity contribution in [2.45, 2.75) is 52.2 Å². The minimum absolute atomic E-state index is 0.118. The molecule has 4 atom stereocenters. The number of hydrogen-bond donors (Lipinski definition) is 2. The van der Waals surface area contributed by atoms with Crippen LogP contribution in [-0.2, 0) is 9.53 Å². The summed E-state index contributed by atoms with van der Waals surface area (Å²) in [6, 6.07) is 0. The molecule has 0 heterocycles. The van der Waals surface area contributed by atoms with Gasteiger partial charge in [-0.05, 0) is 30.6 Å². The molecule has 1 saturated carbocycles. The number of carbonyl (C=O) groups is 1. The van der Waals surface area contributed by atoms with Crippen LogP contribution < -0.4 is 0 Å². The fraction of sp³-hybridized carbons (Fsp3) is 0.923. The zero-order valence-electron chi connectivity index (χ0n) is 10.9. The maximum atomic E-state index is 11.5. The fourth-order valence-corrected chi connectivity index (χ4v) is 2.55. The molecule has 0 amide bonds. The summed E-state index contributed by atoms with van der Waals surface area (Å²) in [4.78, 5) is 11.5. The summed E-state index contributed by atoms with van der Waals surface area (Å²) >= 11 is 0. The normalized spacial score (nSPS) is 31.3. The molecular weight excluding hydrogens is 220 g/mol. The van der Waals surface area contributed by atoms with Crippen LogP contribution in [0.5, 0.6) is 0 Å². The van der Waals surface area contributed by atoms with Gasteiger partial charge in [-0.15, -0.1) is 0 Å². The van der Waals surface area contributed by atoms with Crippen molar-refractivity contribution in [2.24, 2.45) is 17.8 Å². The van der Waals surface area contributed by atoms with Crippen LogP contribution in [0.25, 0.3) is 0 Å². The first-order valence-electron chi connectivity index (χ1n) is 6.45.